The third-order valence-corrected chi connectivity index (χ3v) is 3.70. The summed E-state index contributed by atoms with van der Waals surface area (Å²) in [5.41, 5.74) is 6.45. The fourth-order valence-electron chi connectivity index (χ4n) is 2.66. The van der Waals surface area contributed by atoms with Crippen molar-refractivity contribution < 1.29 is 14.3 Å². The number of benzene rings is 1. The molecule has 1 aliphatic carbocycles. The van der Waals surface area contributed by atoms with Crippen LogP contribution in [0.15, 0.2) is 30.3 Å². The van der Waals surface area contributed by atoms with Gasteiger partial charge in [-0.2, -0.15) is 0 Å². The molecule has 0 unspecified atom stereocenters. The Bertz CT molecular complexity index is 443. The summed E-state index contributed by atoms with van der Waals surface area (Å²) in [5.74, 6) is -0.201. The number of ether oxygens (including phenoxy) is 2. The van der Waals surface area contributed by atoms with Crippen molar-refractivity contribution in [3.8, 4) is 0 Å². The summed E-state index contributed by atoms with van der Waals surface area (Å²) in [6, 6.07) is 9.83. The molecule has 1 amide bonds. The molecule has 5 nitrogen and oxygen atoms in total. The van der Waals surface area contributed by atoms with E-state index in [2.05, 4.69) is 5.32 Å². The van der Waals surface area contributed by atoms with Crippen LogP contribution in [0.1, 0.15) is 11.5 Å². The molecule has 112 valence electrons. The summed E-state index contributed by atoms with van der Waals surface area (Å²) < 4.78 is 10.0. The number of rotatable bonds is 6. The number of amides is 1. The maximum absolute atomic E-state index is 12.2. The maximum atomic E-state index is 12.2. The maximum Gasteiger partial charge on any atom is 0.242 e. The van der Waals surface area contributed by atoms with Gasteiger partial charge in [0.05, 0.1) is 6.61 Å². The van der Waals surface area contributed by atoms with Gasteiger partial charge >= 0.3 is 0 Å². The molecule has 0 aliphatic heterocycles. The molecule has 0 bridgehead atoms. The first-order valence-electron chi connectivity index (χ1n) is 6.26. The van der Waals surface area contributed by atoms with Crippen LogP contribution in [0.5, 0.6) is 0 Å². The summed E-state index contributed by atoms with van der Waals surface area (Å²) in [7, 11) is 3.14. The summed E-state index contributed by atoms with van der Waals surface area (Å²) in [6.45, 7) is 0.634. The lowest BCUT2D eigenvalue weighted by atomic mass is 10.1. The van der Waals surface area contributed by atoms with Gasteiger partial charge in [0.1, 0.15) is 12.3 Å². The second kappa shape index (κ2) is 7.04. The van der Waals surface area contributed by atoms with Crippen LogP contribution >= 0.6 is 12.4 Å². The molecule has 0 spiro atoms. The van der Waals surface area contributed by atoms with Crippen LogP contribution in [0.4, 0.5) is 0 Å². The minimum absolute atomic E-state index is 0. The third kappa shape index (κ3) is 2.96. The number of methoxy groups -OCH3 is 2. The SMILES string of the molecule is COCNC(=O)[C@]1(N)[C@H](COC)[C@@H]1c1ccccc1.Cl. The lowest BCUT2D eigenvalue weighted by Gasteiger charge is -2.12. The van der Waals surface area contributed by atoms with Gasteiger partial charge in [-0.1, -0.05) is 30.3 Å². The molecule has 1 aromatic carbocycles. The highest BCUT2D eigenvalue weighted by molar-refractivity contribution is 5.92. The van der Waals surface area contributed by atoms with Crippen LogP contribution in [0.25, 0.3) is 0 Å². The smallest absolute Gasteiger partial charge is 0.242 e. The van der Waals surface area contributed by atoms with Crippen molar-refractivity contribution in [3.05, 3.63) is 35.9 Å². The molecule has 1 aliphatic rings. The zero-order valence-corrected chi connectivity index (χ0v) is 12.5. The molecular weight excluding hydrogens is 280 g/mol. The van der Waals surface area contributed by atoms with Gasteiger partial charge < -0.3 is 20.5 Å². The lowest BCUT2D eigenvalue weighted by molar-refractivity contribution is -0.125. The van der Waals surface area contributed by atoms with E-state index >= 15 is 0 Å². The fraction of sp³-hybridized carbons (Fsp3) is 0.500. The van der Waals surface area contributed by atoms with Crippen molar-refractivity contribution in [2.75, 3.05) is 27.6 Å². The molecular formula is C14H21ClN2O3. The van der Waals surface area contributed by atoms with E-state index in [-0.39, 0.29) is 36.9 Å². The number of hydrogen-bond acceptors (Lipinski definition) is 4. The monoisotopic (exact) mass is 300 g/mol. The second-order valence-corrected chi connectivity index (χ2v) is 4.82. The minimum Gasteiger partial charge on any atom is -0.384 e. The summed E-state index contributed by atoms with van der Waals surface area (Å²) in [4.78, 5) is 12.2. The largest absolute Gasteiger partial charge is 0.384 e. The molecule has 20 heavy (non-hydrogen) atoms. The Hall–Kier alpha value is -1.14. The fourth-order valence-corrected chi connectivity index (χ4v) is 2.66. The first-order chi connectivity index (χ1) is 9.16. The van der Waals surface area contributed by atoms with Gasteiger partial charge in [-0.3, -0.25) is 4.79 Å². The minimum atomic E-state index is -0.907. The predicted molar refractivity (Wildman–Crippen MR) is 78.7 cm³/mol. The Morgan fingerprint density at radius 3 is 2.50 bits per heavy atom. The van der Waals surface area contributed by atoms with Gasteiger partial charge in [0, 0.05) is 26.1 Å². The number of carbonyl (C=O) groups excluding carboxylic acids is 1. The van der Waals surface area contributed by atoms with Crippen LogP contribution in [-0.4, -0.2) is 39.0 Å². The Labute approximate surface area is 125 Å². The molecule has 0 aromatic heterocycles. The van der Waals surface area contributed by atoms with Gasteiger partial charge in [-0.25, -0.2) is 0 Å². The molecule has 1 saturated carbocycles. The molecule has 6 heteroatoms. The quantitative estimate of drug-likeness (QED) is 0.765. The number of hydrogen-bond donors (Lipinski definition) is 2. The van der Waals surface area contributed by atoms with Gasteiger partial charge in [0.15, 0.2) is 0 Å². The van der Waals surface area contributed by atoms with Crippen LogP contribution < -0.4 is 11.1 Å². The van der Waals surface area contributed by atoms with Gasteiger partial charge in [-0.15, -0.1) is 12.4 Å². The summed E-state index contributed by atoms with van der Waals surface area (Å²) in [5, 5.41) is 2.68. The number of carbonyl (C=O) groups is 1. The first-order valence-corrected chi connectivity index (χ1v) is 6.26. The number of nitrogens with two attached hydrogens (primary N) is 1. The number of halogens is 1. The summed E-state index contributed by atoms with van der Waals surface area (Å²) >= 11 is 0. The number of nitrogens with one attached hydrogen (secondary N) is 1. The van der Waals surface area contributed by atoms with E-state index in [4.69, 9.17) is 15.2 Å². The molecule has 1 aromatic rings. The Balaban J connectivity index is 0.00000200. The highest BCUT2D eigenvalue weighted by Gasteiger charge is 2.67. The van der Waals surface area contributed by atoms with Gasteiger partial charge in [-0.05, 0) is 5.56 Å². The topological polar surface area (TPSA) is 73.6 Å². The average Bonchev–Trinajstić information content (AvgIpc) is 3.04. The van der Waals surface area contributed by atoms with E-state index in [1.54, 1.807) is 7.11 Å². The van der Waals surface area contributed by atoms with Crippen LogP contribution in [0, 0.1) is 5.92 Å². The zero-order valence-electron chi connectivity index (χ0n) is 11.7. The Morgan fingerprint density at radius 1 is 1.30 bits per heavy atom. The standard InChI is InChI=1S/C14H20N2O3.ClH/c1-18-8-11-12(10-6-4-3-5-7-10)14(11,15)13(17)16-9-19-2;/h3-7,11-12H,8-9,15H2,1-2H3,(H,16,17);1H/t11-,12+,14+;/m1./s1. The highest BCUT2D eigenvalue weighted by Crippen LogP contribution is 2.55. The Kier molecular flexibility index (Phi) is 5.95. The molecule has 2 rings (SSSR count). The molecule has 3 atom stereocenters. The zero-order chi connectivity index (χ0) is 13.9. The first kappa shape index (κ1) is 16.9. The third-order valence-electron chi connectivity index (χ3n) is 3.70. The van der Waals surface area contributed by atoms with Crippen LogP contribution in [0.2, 0.25) is 0 Å². The van der Waals surface area contributed by atoms with Crippen molar-refractivity contribution >= 4 is 18.3 Å². The van der Waals surface area contributed by atoms with Crippen LogP contribution in [-0.2, 0) is 14.3 Å². The van der Waals surface area contributed by atoms with Crippen molar-refractivity contribution in [1.29, 1.82) is 0 Å². The molecule has 0 heterocycles. The lowest BCUT2D eigenvalue weighted by Crippen LogP contribution is -2.46. The van der Waals surface area contributed by atoms with Crippen molar-refractivity contribution in [2.24, 2.45) is 11.7 Å². The molecule has 3 N–H and O–H groups in total. The molecule has 0 radical (unpaired) electrons. The van der Waals surface area contributed by atoms with Gasteiger partial charge in [0.25, 0.3) is 0 Å². The van der Waals surface area contributed by atoms with E-state index in [0.717, 1.165) is 5.56 Å². The summed E-state index contributed by atoms with van der Waals surface area (Å²) in [6.07, 6.45) is 0. The highest BCUT2D eigenvalue weighted by atomic mass is 35.5. The van der Waals surface area contributed by atoms with E-state index < -0.39 is 5.54 Å². The van der Waals surface area contributed by atoms with E-state index in [1.165, 1.54) is 7.11 Å². The van der Waals surface area contributed by atoms with E-state index in [0.29, 0.717) is 6.61 Å². The van der Waals surface area contributed by atoms with E-state index in [9.17, 15) is 4.79 Å². The van der Waals surface area contributed by atoms with Crippen molar-refractivity contribution in [1.82, 2.24) is 5.32 Å². The molecule has 0 saturated heterocycles. The Morgan fingerprint density at radius 2 is 1.95 bits per heavy atom. The van der Waals surface area contributed by atoms with E-state index in [1.807, 2.05) is 30.3 Å². The van der Waals surface area contributed by atoms with Crippen molar-refractivity contribution in [3.63, 3.8) is 0 Å². The molecule has 1 fully saturated rings. The van der Waals surface area contributed by atoms with Crippen LogP contribution in [0.3, 0.4) is 0 Å². The second-order valence-electron chi connectivity index (χ2n) is 4.82. The van der Waals surface area contributed by atoms with Gasteiger partial charge in [0.2, 0.25) is 5.91 Å². The normalized spacial score (nSPS) is 27.6. The van der Waals surface area contributed by atoms with Crippen molar-refractivity contribution in [2.45, 2.75) is 11.5 Å². The average molecular weight is 301 g/mol. The predicted octanol–water partition coefficient (Wildman–Crippen LogP) is 0.886.